The topological polar surface area (TPSA) is 15.7 Å². The quantitative estimate of drug-likeness (QED) is 0.120. The molecule has 1 aliphatic heterocycles. The summed E-state index contributed by atoms with van der Waals surface area (Å²) in [5, 5.41) is 8.61. The molecule has 1 aliphatic rings. The summed E-state index contributed by atoms with van der Waals surface area (Å²) in [4.78, 5) is 4.68. The molecule has 0 aliphatic carbocycles. The number of nitrogens with zero attached hydrogens (tertiary/aromatic N) is 2. The second-order valence-electron chi connectivity index (χ2n) is 15.5. The maximum Gasteiger partial charge on any atom is 0.137 e. The zero-order valence-electron chi connectivity index (χ0n) is 31.2. The monoisotopic (exact) mass is 724 g/mol. The van der Waals surface area contributed by atoms with E-state index in [1.807, 2.05) is 0 Å². The van der Waals surface area contributed by atoms with Crippen LogP contribution < -0.4 is 19.7 Å². The Balaban J connectivity index is 1.10. The number of ether oxygens (including phenoxy) is 1. The summed E-state index contributed by atoms with van der Waals surface area (Å²) in [7, 11) is -1.44. The van der Waals surface area contributed by atoms with Crippen molar-refractivity contribution >= 4 is 79.7 Å². The van der Waals surface area contributed by atoms with E-state index in [0.717, 1.165) is 56.6 Å². The molecule has 0 N–H and O–H groups in total. The molecule has 9 aromatic carbocycles. The van der Waals surface area contributed by atoms with Crippen LogP contribution in [-0.2, 0) is 0 Å². The molecule has 0 saturated carbocycles. The van der Waals surface area contributed by atoms with E-state index in [1.54, 1.807) is 0 Å². The second kappa shape index (κ2) is 13.0. The van der Waals surface area contributed by atoms with E-state index in [4.69, 9.17) is 4.74 Å². The van der Waals surface area contributed by atoms with Crippen LogP contribution in [0.15, 0.2) is 188 Å². The Morgan fingerprint density at radius 2 is 0.927 bits per heavy atom. The smallest absolute Gasteiger partial charge is 0.137 e. The molecule has 9 aromatic rings. The van der Waals surface area contributed by atoms with Crippen LogP contribution in [0.2, 0.25) is 19.6 Å². The van der Waals surface area contributed by atoms with E-state index in [0.29, 0.717) is 0 Å². The Hall–Kier alpha value is -6.62. The summed E-state index contributed by atoms with van der Waals surface area (Å²) in [5.41, 5.74) is 8.93. The minimum Gasteiger partial charge on any atom is -0.456 e. The molecule has 1 heterocycles. The third-order valence-corrected chi connectivity index (χ3v) is 13.0. The lowest BCUT2D eigenvalue weighted by Crippen LogP contribution is -2.37. The normalized spacial score (nSPS) is 12.1. The Labute approximate surface area is 323 Å². The van der Waals surface area contributed by atoms with Crippen molar-refractivity contribution in [3.8, 4) is 22.6 Å². The summed E-state index contributed by atoms with van der Waals surface area (Å²) in [6.07, 6.45) is 0. The molecule has 0 saturated heterocycles. The van der Waals surface area contributed by atoms with Crippen LogP contribution in [0, 0.1) is 0 Å². The largest absolute Gasteiger partial charge is 0.456 e. The molecule has 0 atom stereocenters. The van der Waals surface area contributed by atoms with E-state index in [2.05, 4.69) is 217 Å². The number of rotatable bonds is 7. The minimum absolute atomic E-state index is 0.861. The lowest BCUT2D eigenvalue weighted by molar-refractivity contribution is 0.487. The number of anilines is 6. The van der Waals surface area contributed by atoms with Gasteiger partial charge in [0, 0.05) is 51.1 Å². The lowest BCUT2D eigenvalue weighted by atomic mass is 9.90. The van der Waals surface area contributed by atoms with E-state index < -0.39 is 8.07 Å². The fourth-order valence-electron chi connectivity index (χ4n) is 8.15. The highest BCUT2D eigenvalue weighted by Crippen LogP contribution is 2.51. The number of benzene rings is 9. The SMILES string of the molecule is C[Si](C)(C)c1ccc(N(c2ccccc2)c2ccc3c(c2)Oc2cccc4c2c-3cc2ccc(N(c3ccccc3)c3ccc5ccccc5c3)cc24)cc1. The van der Waals surface area contributed by atoms with Gasteiger partial charge in [-0.3, -0.25) is 0 Å². The first-order valence-corrected chi connectivity index (χ1v) is 22.5. The first kappa shape index (κ1) is 33.0. The average Bonchev–Trinajstić information content (AvgIpc) is 3.22. The van der Waals surface area contributed by atoms with Crippen LogP contribution >= 0.6 is 0 Å². The van der Waals surface area contributed by atoms with Gasteiger partial charge in [0.25, 0.3) is 0 Å². The van der Waals surface area contributed by atoms with E-state index in [1.165, 1.54) is 37.7 Å². The third-order valence-electron chi connectivity index (χ3n) is 10.9. The molecule has 0 fully saturated rings. The molecule has 0 radical (unpaired) electrons. The van der Waals surface area contributed by atoms with Crippen LogP contribution in [0.5, 0.6) is 11.5 Å². The average molecular weight is 725 g/mol. The fraction of sp³-hybridized carbons (Fsp3) is 0.0588. The molecule has 0 aromatic heterocycles. The van der Waals surface area contributed by atoms with E-state index in [9.17, 15) is 0 Å². The molecule has 0 amide bonds. The van der Waals surface area contributed by atoms with Crippen LogP contribution in [-0.4, -0.2) is 8.07 Å². The molecule has 0 bridgehead atoms. The molecule has 0 spiro atoms. The van der Waals surface area contributed by atoms with Crippen molar-refractivity contribution < 1.29 is 4.74 Å². The Morgan fingerprint density at radius 3 is 1.64 bits per heavy atom. The molecule has 3 nitrogen and oxygen atoms in total. The molecule has 10 rings (SSSR count). The van der Waals surface area contributed by atoms with Gasteiger partial charge in [0.15, 0.2) is 0 Å². The van der Waals surface area contributed by atoms with Gasteiger partial charge >= 0.3 is 0 Å². The van der Waals surface area contributed by atoms with Gasteiger partial charge in [-0.15, -0.1) is 0 Å². The van der Waals surface area contributed by atoms with Gasteiger partial charge in [0.05, 0.1) is 8.07 Å². The summed E-state index contributed by atoms with van der Waals surface area (Å²) >= 11 is 0. The summed E-state index contributed by atoms with van der Waals surface area (Å²) in [6.45, 7) is 7.18. The van der Waals surface area contributed by atoms with Crippen molar-refractivity contribution in [2.45, 2.75) is 19.6 Å². The van der Waals surface area contributed by atoms with Gasteiger partial charge in [0.1, 0.15) is 11.5 Å². The van der Waals surface area contributed by atoms with Crippen molar-refractivity contribution in [2.75, 3.05) is 9.80 Å². The van der Waals surface area contributed by atoms with Crippen LogP contribution in [0.1, 0.15) is 0 Å². The first-order valence-electron chi connectivity index (χ1n) is 19.0. The molecular formula is C51H40N2OSi. The van der Waals surface area contributed by atoms with Gasteiger partial charge in [-0.05, 0) is 117 Å². The maximum absolute atomic E-state index is 6.85. The molecule has 0 unspecified atom stereocenters. The molecule has 4 heteroatoms. The van der Waals surface area contributed by atoms with E-state index >= 15 is 0 Å². The Morgan fingerprint density at radius 1 is 0.364 bits per heavy atom. The minimum atomic E-state index is -1.44. The predicted octanol–water partition coefficient (Wildman–Crippen LogP) is 14.4. The molecular weight excluding hydrogens is 685 g/mol. The predicted molar refractivity (Wildman–Crippen MR) is 237 cm³/mol. The van der Waals surface area contributed by atoms with Crippen molar-refractivity contribution in [2.24, 2.45) is 0 Å². The zero-order chi connectivity index (χ0) is 37.1. The van der Waals surface area contributed by atoms with Crippen LogP contribution in [0.25, 0.3) is 43.4 Å². The summed E-state index contributed by atoms with van der Waals surface area (Å²) in [6, 6.07) is 68.0. The standard InChI is InChI=1S/C51H40N2OSi/c1-55(2,3)44-28-25-40(26-29-44)52(38-15-6-4-7-16-38)43-27-30-45-48-32-37-22-24-42(33-47(37)46-19-12-20-49(51(46)48)54-50(45)34-43)53(39-17-8-5-9-18-39)41-23-21-35-13-10-11-14-36(35)31-41/h4-34H,1-3H3. The van der Waals surface area contributed by atoms with Crippen molar-refractivity contribution in [3.05, 3.63) is 188 Å². The van der Waals surface area contributed by atoms with Gasteiger partial charge in [-0.25, -0.2) is 0 Å². The summed E-state index contributed by atoms with van der Waals surface area (Å²) in [5.74, 6) is 1.74. The highest BCUT2D eigenvalue weighted by molar-refractivity contribution is 6.88. The fourth-order valence-corrected chi connectivity index (χ4v) is 9.32. The lowest BCUT2D eigenvalue weighted by Gasteiger charge is -2.29. The maximum atomic E-state index is 6.85. The molecule has 55 heavy (non-hydrogen) atoms. The highest BCUT2D eigenvalue weighted by atomic mass is 28.3. The molecule has 264 valence electrons. The Kier molecular flexibility index (Phi) is 7.82. The second-order valence-corrected chi connectivity index (χ2v) is 20.5. The summed E-state index contributed by atoms with van der Waals surface area (Å²) < 4.78 is 6.85. The van der Waals surface area contributed by atoms with Gasteiger partial charge < -0.3 is 14.5 Å². The first-order chi connectivity index (χ1) is 26.9. The van der Waals surface area contributed by atoms with Crippen molar-refractivity contribution in [3.63, 3.8) is 0 Å². The van der Waals surface area contributed by atoms with Gasteiger partial charge in [-0.1, -0.05) is 122 Å². The highest BCUT2D eigenvalue weighted by Gasteiger charge is 2.25. The number of para-hydroxylation sites is 2. The zero-order valence-corrected chi connectivity index (χ0v) is 32.2. The third kappa shape index (κ3) is 5.83. The number of hydrogen-bond donors (Lipinski definition) is 0. The number of fused-ring (bicyclic) bond motifs is 5. The Bertz CT molecular complexity index is 2880. The number of hydrogen-bond acceptors (Lipinski definition) is 3. The van der Waals surface area contributed by atoms with E-state index in [-0.39, 0.29) is 0 Å². The van der Waals surface area contributed by atoms with Crippen LogP contribution in [0.4, 0.5) is 34.1 Å². The van der Waals surface area contributed by atoms with Crippen LogP contribution in [0.3, 0.4) is 0 Å². The van der Waals surface area contributed by atoms with Gasteiger partial charge in [0.2, 0.25) is 0 Å². The van der Waals surface area contributed by atoms with Gasteiger partial charge in [-0.2, -0.15) is 0 Å². The van der Waals surface area contributed by atoms with Crippen molar-refractivity contribution in [1.29, 1.82) is 0 Å². The van der Waals surface area contributed by atoms with Crippen molar-refractivity contribution in [1.82, 2.24) is 0 Å².